The number of carbonyl (C=O) groups excluding carboxylic acids is 1. The Labute approximate surface area is 101 Å². The monoisotopic (exact) mass is 252 g/mol. The Balaban J connectivity index is 3.85. The van der Waals surface area contributed by atoms with Crippen molar-refractivity contribution < 1.29 is 15.3 Å². The van der Waals surface area contributed by atoms with Crippen LogP contribution in [0.1, 0.15) is 14.2 Å². The smallest absolute Gasteiger partial charge is 0.322 e. The molecule has 0 aliphatic rings. The van der Waals surface area contributed by atoms with Gasteiger partial charge in [0.05, 0.1) is 7.95 Å². The topological polar surface area (TPSA) is 90.7 Å². The molecule has 0 saturated carbocycles. The van der Waals surface area contributed by atoms with Gasteiger partial charge in [-0.25, -0.2) is 4.39 Å². The van der Waals surface area contributed by atoms with Gasteiger partial charge in [0.25, 0.3) is 0 Å². The predicted octanol–water partition coefficient (Wildman–Crippen LogP) is -0.106. The molecule has 0 aromatic rings. The van der Waals surface area contributed by atoms with Crippen LogP contribution in [0.5, 0.6) is 0 Å². The molecule has 0 heterocycles. The molecule has 0 spiro atoms. The summed E-state index contributed by atoms with van der Waals surface area (Å²) in [5, 5.41) is 0. The van der Waals surface area contributed by atoms with E-state index in [0.29, 0.717) is 12.2 Å². The van der Waals surface area contributed by atoms with Gasteiger partial charge in [0, 0.05) is 13.0 Å². The number of rotatable bonds is 8. The van der Waals surface area contributed by atoms with Crippen LogP contribution in [0.3, 0.4) is 0 Å². The van der Waals surface area contributed by atoms with Gasteiger partial charge in [0.2, 0.25) is 0 Å². The molecule has 0 aromatic carbocycles. The fourth-order valence-corrected chi connectivity index (χ4v) is 1.07. The molecule has 16 heavy (non-hydrogen) atoms. The number of nitrogens with zero attached hydrogens (tertiary/aromatic N) is 1. The second-order valence-corrected chi connectivity index (χ2v) is 3.46. The summed E-state index contributed by atoms with van der Waals surface area (Å²) in [4.78, 5) is 14.9. The summed E-state index contributed by atoms with van der Waals surface area (Å²) in [5.41, 5.74) is 10.6. The molecular weight excluding hydrogens is 233 g/mol. The number of hydrogen-bond donors (Lipinski definition) is 3. The van der Waals surface area contributed by atoms with Crippen molar-refractivity contribution in [1.29, 1.82) is 0 Å². The van der Waals surface area contributed by atoms with Gasteiger partial charge >= 0.3 is 5.97 Å². The predicted molar refractivity (Wildman–Crippen MR) is 64.5 cm³/mol. The molecule has 94 valence electrons. The van der Waals surface area contributed by atoms with Gasteiger partial charge in [-0.05, 0) is 12.2 Å². The summed E-state index contributed by atoms with van der Waals surface area (Å²) in [6.45, 7) is -1.75. The lowest BCUT2D eigenvalue weighted by Gasteiger charge is -2.09. The summed E-state index contributed by atoms with van der Waals surface area (Å²) in [6.07, 6.45) is 0.543. The van der Waals surface area contributed by atoms with Crippen molar-refractivity contribution in [1.82, 2.24) is 0 Å². The molecule has 0 amide bonds. The molecule has 0 aromatic heterocycles. The quantitative estimate of drug-likeness (QED) is 0.243. The first-order valence-electron chi connectivity index (χ1n) is 5.43. The Morgan fingerprint density at radius 1 is 1.69 bits per heavy atom. The standard InChI is InChI=1S/C9H18FN3O2S/c10-6-8(12)13-3-1-4-15-9(14)7(11)2-5-16/h7,16H,1-6,11H2,(H2,12,13)/t7-/m0/s1/i4D/t4?,7-. The first-order chi connectivity index (χ1) is 8.01. The number of alkyl halides is 1. The maximum absolute atomic E-state index is 11.9. The zero-order chi connectivity index (χ0) is 13.3. The minimum Gasteiger partial charge on any atom is -0.464 e. The zero-order valence-electron chi connectivity index (χ0n) is 9.93. The van der Waals surface area contributed by atoms with Crippen LogP contribution in [0.4, 0.5) is 4.39 Å². The van der Waals surface area contributed by atoms with Crippen molar-refractivity contribution in [3.63, 3.8) is 0 Å². The van der Waals surface area contributed by atoms with Crippen molar-refractivity contribution in [2.24, 2.45) is 16.5 Å². The highest BCUT2D eigenvalue weighted by Crippen LogP contribution is 1.95. The van der Waals surface area contributed by atoms with Crippen LogP contribution in [0, 0.1) is 0 Å². The number of hydrogen-bond acceptors (Lipinski definition) is 5. The minimum absolute atomic E-state index is 0.129. The SMILES string of the molecule is [2H]C(CCN=C(N)CF)OC(=O)[C@@H](N)CCS. The fourth-order valence-electron chi connectivity index (χ4n) is 0.789. The van der Waals surface area contributed by atoms with Crippen LogP contribution >= 0.6 is 12.6 Å². The largest absolute Gasteiger partial charge is 0.464 e. The highest BCUT2D eigenvalue weighted by molar-refractivity contribution is 7.80. The number of ether oxygens (including phenoxy) is 1. The summed E-state index contributed by atoms with van der Waals surface area (Å²) < 4.78 is 24.1. The number of amidine groups is 1. The number of esters is 1. The molecule has 0 bridgehead atoms. The van der Waals surface area contributed by atoms with Gasteiger partial charge < -0.3 is 16.2 Å². The van der Waals surface area contributed by atoms with Gasteiger partial charge in [0.15, 0.2) is 0 Å². The van der Waals surface area contributed by atoms with Crippen LogP contribution < -0.4 is 11.5 Å². The van der Waals surface area contributed by atoms with E-state index in [-0.39, 0.29) is 18.8 Å². The van der Waals surface area contributed by atoms with Crippen LogP contribution in [0.15, 0.2) is 4.99 Å². The molecule has 4 N–H and O–H groups in total. The summed E-state index contributed by atoms with van der Waals surface area (Å²) in [6, 6.07) is -0.764. The fraction of sp³-hybridized carbons (Fsp3) is 0.778. The number of thiol groups is 1. The highest BCUT2D eigenvalue weighted by Gasteiger charge is 2.13. The molecular formula is C9H18FN3O2S. The average molecular weight is 252 g/mol. The van der Waals surface area contributed by atoms with Crippen LogP contribution in [-0.4, -0.2) is 43.4 Å². The van der Waals surface area contributed by atoms with Crippen LogP contribution in [0.2, 0.25) is 0 Å². The van der Waals surface area contributed by atoms with Crippen molar-refractivity contribution in [3.05, 3.63) is 0 Å². The molecule has 7 heteroatoms. The third-order valence-corrected chi connectivity index (χ3v) is 1.90. The average Bonchev–Trinajstić information content (AvgIpc) is 2.28. The molecule has 0 radical (unpaired) electrons. The molecule has 0 aliphatic carbocycles. The van der Waals surface area contributed by atoms with E-state index >= 15 is 0 Å². The van der Waals surface area contributed by atoms with E-state index in [1.165, 1.54) is 0 Å². The minimum atomic E-state index is -1.07. The van der Waals surface area contributed by atoms with E-state index in [0.717, 1.165) is 0 Å². The Morgan fingerprint density at radius 3 is 2.94 bits per heavy atom. The van der Waals surface area contributed by atoms with E-state index in [2.05, 4.69) is 17.6 Å². The molecule has 1 unspecified atom stereocenters. The van der Waals surface area contributed by atoms with Gasteiger partial charge in [-0.15, -0.1) is 0 Å². The normalized spacial score (nSPS) is 16.4. The molecule has 2 atom stereocenters. The van der Waals surface area contributed by atoms with E-state index in [1.807, 2.05) is 0 Å². The Morgan fingerprint density at radius 2 is 2.38 bits per heavy atom. The van der Waals surface area contributed by atoms with Crippen LogP contribution in [0.25, 0.3) is 0 Å². The van der Waals surface area contributed by atoms with E-state index in [4.69, 9.17) is 17.6 Å². The Kier molecular flexibility index (Phi) is 7.79. The zero-order valence-corrected chi connectivity index (χ0v) is 9.83. The second kappa shape index (κ2) is 9.41. The van der Waals surface area contributed by atoms with Gasteiger partial charge in [-0.2, -0.15) is 12.6 Å². The first kappa shape index (κ1) is 13.2. The third-order valence-electron chi connectivity index (χ3n) is 1.64. The molecule has 0 fully saturated rings. The van der Waals surface area contributed by atoms with Gasteiger partial charge in [0.1, 0.15) is 18.6 Å². The van der Waals surface area contributed by atoms with E-state index < -0.39 is 25.3 Å². The van der Waals surface area contributed by atoms with E-state index in [9.17, 15) is 9.18 Å². The Bertz CT molecular complexity index is 269. The maximum Gasteiger partial charge on any atom is 0.322 e. The number of carbonyl (C=O) groups is 1. The summed E-state index contributed by atoms with van der Waals surface area (Å²) >= 11 is 3.93. The lowest BCUT2D eigenvalue weighted by molar-refractivity contribution is -0.145. The van der Waals surface area contributed by atoms with Crippen molar-refractivity contribution in [2.45, 2.75) is 18.9 Å². The molecule has 0 aliphatic heterocycles. The number of aliphatic imine (C=N–C) groups is 1. The van der Waals surface area contributed by atoms with Gasteiger partial charge in [-0.1, -0.05) is 0 Å². The molecule has 5 nitrogen and oxygen atoms in total. The number of nitrogens with two attached hydrogens (primary N) is 2. The van der Waals surface area contributed by atoms with Crippen molar-refractivity contribution >= 4 is 24.4 Å². The lowest BCUT2D eigenvalue weighted by Crippen LogP contribution is -2.32. The van der Waals surface area contributed by atoms with E-state index in [1.54, 1.807) is 0 Å². The summed E-state index contributed by atoms with van der Waals surface area (Å²) in [7, 11) is 0. The Hall–Kier alpha value is -0.820. The van der Waals surface area contributed by atoms with Gasteiger partial charge in [-0.3, -0.25) is 9.79 Å². The maximum atomic E-state index is 11.9. The first-order valence-corrected chi connectivity index (χ1v) is 5.48. The lowest BCUT2D eigenvalue weighted by atomic mass is 10.2. The third kappa shape index (κ3) is 7.47. The molecule has 0 saturated heterocycles. The van der Waals surface area contributed by atoms with Crippen LogP contribution in [-0.2, 0) is 9.53 Å². The summed E-state index contributed by atoms with van der Waals surface area (Å²) in [5.74, 6) is -0.298. The molecule has 0 rings (SSSR count). The second-order valence-electron chi connectivity index (χ2n) is 3.02. The van der Waals surface area contributed by atoms with Crippen molar-refractivity contribution in [3.8, 4) is 0 Å². The highest BCUT2D eigenvalue weighted by atomic mass is 32.1. The number of halogens is 1. The van der Waals surface area contributed by atoms with Crippen molar-refractivity contribution in [2.75, 3.05) is 25.6 Å².